The summed E-state index contributed by atoms with van der Waals surface area (Å²) in [7, 11) is 1.53. The fraction of sp³-hybridized carbons (Fsp3) is 0.154. The van der Waals surface area contributed by atoms with Gasteiger partial charge in [-0.2, -0.15) is 9.37 Å². The number of rotatable bonds is 1. The summed E-state index contributed by atoms with van der Waals surface area (Å²) in [6, 6.07) is 6.46. The fourth-order valence-electron chi connectivity index (χ4n) is 2.34. The average Bonchev–Trinajstić information content (AvgIpc) is 2.69. The second-order valence-corrected chi connectivity index (χ2v) is 4.50. The van der Waals surface area contributed by atoms with Crippen LogP contribution in [0.2, 0.25) is 0 Å². The van der Waals surface area contributed by atoms with Crippen LogP contribution in [0, 0.1) is 6.08 Å². The largest absolute Gasteiger partial charge is 0.476 e. The number of hydrogen-bond donors (Lipinski definition) is 1. The van der Waals surface area contributed by atoms with Crippen LogP contribution in [-0.2, 0) is 6.54 Å². The first-order chi connectivity index (χ1) is 9.50. The molecule has 2 heterocycles. The summed E-state index contributed by atoms with van der Waals surface area (Å²) in [6.07, 6.45) is -0.937. The second-order valence-electron chi connectivity index (χ2n) is 4.50. The summed E-state index contributed by atoms with van der Waals surface area (Å²) in [5.74, 6) is -1.61. The third-order valence-corrected chi connectivity index (χ3v) is 3.24. The summed E-state index contributed by atoms with van der Waals surface area (Å²) < 4.78 is 15.1. The number of benzene rings is 1. The lowest BCUT2D eigenvalue weighted by molar-refractivity contribution is 0.0682. The molecule has 0 spiro atoms. The van der Waals surface area contributed by atoms with E-state index in [0.29, 0.717) is 11.3 Å². The molecule has 1 amide bonds. The lowest BCUT2D eigenvalue weighted by atomic mass is 10.1. The molecule has 0 atom stereocenters. The van der Waals surface area contributed by atoms with Crippen LogP contribution in [0.1, 0.15) is 26.5 Å². The van der Waals surface area contributed by atoms with E-state index in [0.717, 1.165) is 4.57 Å². The van der Waals surface area contributed by atoms with E-state index < -0.39 is 12.0 Å². The predicted octanol–water partition coefficient (Wildman–Crippen LogP) is 1.30. The number of aromatic carboxylic acids is 1. The molecule has 0 saturated carbocycles. The molecule has 7 heteroatoms. The molecular weight excluding hydrogens is 265 g/mol. The van der Waals surface area contributed by atoms with Crippen molar-refractivity contribution in [3.63, 3.8) is 0 Å². The molecule has 0 bridgehead atoms. The van der Waals surface area contributed by atoms with Crippen molar-refractivity contribution in [1.29, 1.82) is 0 Å². The molecule has 1 aliphatic rings. The van der Waals surface area contributed by atoms with Gasteiger partial charge in [0.25, 0.3) is 12.0 Å². The van der Waals surface area contributed by atoms with Gasteiger partial charge >= 0.3 is 5.97 Å². The average molecular weight is 275 g/mol. The highest BCUT2D eigenvalue weighted by Gasteiger charge is 2.30. The number of halogens is 1. The Hall–Kier alpha value is -2.70. The number of carbonyl (C=O) groups is 2. The van der Waals surface area contributed by atoms with Gasteiger partial charge in [0.1, 0.15) is 0 Å². The van der Waals surface area contributed by atoms with Gasteiger partial charge in [0.05, 0.1) is 23.5 Å². The summed E-state index contributed by atoms with van der Waals surface area (Å²) in [4.78, 5) is 28.2. The number of para-hydroxylation sites is 1. The van der Waals surface area contributed by atoms with E-state index >= 15 is 0 Å². The Morgan fingerprint density at radius 1 is 1.40 bits per heavy atom. The molecule has 2 aromatic rings. The molecule has 1 aromatic carbocycles. The number of fused-ring (bicyclic) bond motifs is 3. The highest BCUT2D eigenvalue weighted by atomic mass is 19.1. The molecule has 1 N–H and O–H groups in total. The molecular formula is C13H10FN3O3. The van der Waals surface area contributed by atoms with Crippen LogP contribution >= 0.6 is 0 Å². The van der Waals surface area contributed by atoms with Gasteiger partial charge in [0.15, 0.2) is 5.69 Å². The van der Waals surface area contributed by atoms with E-state index in [1.165, 1.54) is 11.9 Å². The van der Waals surface area contributed by atoms with Gasteiger partial charge in [-0.25, -0.2) is 4.79 Å². The molecule has 1 aromatic heterocycles. The number of carboxylic acids is 1. The third kappa shape index (κ3) is 1.59. The Balaban J connectivity index is 2.37. The molecule has 0 aliphatic carbocycles. The minimum Gasteiger partial charge on any atom is -0.476 e. The maximum absolute atomic E-state index is 14.0. The summed E-state index contributed by atoms with van der Waals surface area (Å²) in [5, 5.41) is 9.10. The van der Waals surface area contributed by atoms with Crippen molar-refractivity contribution in [2.45, 2.75) is 6.54 Å². The van der Waals surface area contributed by atoms with Gasteiger partial charge in [0, 0.05) is 7.05 Å². The first kappa shape index (κ1) is 12.3. The molecule has 0 radical (unpaired) electrons. The zero-order chi connectivity index (χ0) is 14.4. The standard InChI is InChI=1S/C13H10FN3O3/c1-16-6-9-10(12(19)20)15-13(14)17(9)8-5-3-2-4-7(8)11(16)18/h2-5H,6H2,1H3,(H,19,20). The van der Waals surface area contributed by atoms with E-state index in [1.807, 2.05) is 0 Å². The first-order valence-corrected chi connectivity index (χ1v) is 5.86. The number of carbonyl (C=O) groups excluding carboxylic acids is 1. The van der Waals surface area contributed by atoms with Gasteiger partial charge in [-0.3, -0.25) is 9.36 Å². The van der Waals surface area contributed by atoms with Gasteiger partial charge in [-0.05, 0) is 12.1 Å². The Morgan fingerprint density at radius 2 is 2.10 bits per heavy atom. The minimum absolute atomic E-state index is 0.0218. The normalized spacial score (nSPS) is 13.7. The zero-order valence-electron chi connectivity index (χ0n) is 10.5. The summed E-state index contributed by atoms with van der Waals surface area (Å²) in [5.41, 5.74) is 0.381. The highest BCUT2D eigenvalue weighted by Crippen LogP contribution is 2.26. The van der Waals surface area contributed by atoms with E-state index in [2.05, 4.69) is 4.98 Å². The van der Waals surface area contributed by atoms with Crippen LogP contribution in [0.4, 0.5) is 4.39 Å². The monoisotopic (exact) mass is 275 g/mol. The van der Waals surface area contributed by atoms with E-state index in [9.17, 15) is 14.0 Å². The topological polar surface area (TPSA) is 75.4 Å². The molecule has 0 unspecified atom stereocenters. The van der Waals surface area contributed by atoms with Crippen molar-refractivity contribution in [3.8, 4) is 5.69 Å². The molecule has 0 fully saturated rings. The summed E-state index contributed by atoms with van der Waals surface area (Å²) >= 11 is 0. The molecule has 0 saturated heterocycles. The smallest absolute Gasteiger partial charge is 0.356 e. The quantitative estimate of drug-likeness (QED) is 0.851. The van der Waals surface area contributed by atoms with Crippen molar-refractivity contribution in [1.82, 2.24) is 14.5 Å². The second kappa shape index (κ2) is 4.16. The third-order valence-electron chi connectivity index (χ3n) is 3.24. The molecule has 3 rings (SSSR count). The van der Waals surface area contributed by atoms with Crippen molar-refractivity contribution < 1.29 is 19.1 Å². The number of imidazole rings is 1. The Labute approximate surface area is 113 Å². The SMILES string of the molecule is CN1Cc2c(C(=O)O)nc(F)n2-c2ccccc2C1=O. The van der Waals surface area contributed by atoms with Crippen molar-refractivity contribution in [2.24, 2.45) is 0 Å². The molecule has 20 heavy (non-hydrogen) atoms. The predicted molar refractivity (Wildman–Crippen MR) is 66.3 cm³/mol. The van der Waals surface area contributed by atoms with Gasteiger partial charge in [-0.15, -0.1) is 0 Å². The van der Waals surface area contributed by atoms with Gasteiger partial charge in [-0.1, -0.05) is 12.1 Å². The van der Waals surface area contributed by atoms with Gasteiger partial charge in [0.2, 0.25) is 0 Å². The zero-order valence-corrected chi connectivity index (χ0v) is 10.5. The van der Waals surface area contributed by atoms with E-state index in [1.54, 1.807) is 24.3 Å². The highest BCUT2D eigenvalue weighted by molar-refractivity contribution is 5.98. The number of aromatic nitrogens is 2. The first-order valence-electron chi connectivity index (χ1n) is 5.86. The van der Waals surface area contributed by atoms with Crippen LogP contribution in [0.15, 0.2) is 24.3 Å². The number of amides is 1. The van der Waals surface area contributed by atoms with Crippen LogP contribution in [-0.4, -0.2) is 38.5 Å². The maximum atomic E-state index is 14.0. The number of nitrogens with zero attached hydrogens (tertiary/aromatic N) is 3. The molecule has 102 valence electrons. The van der Waals surface area contributed by atoms with Gasteiger partial charge < -0.3 is 10.0 Å². The number of carboxylic acid groups (broad SMARTS) is 1. The van der Waals surface area contributed by atoms with Crippen molar-refractivity contribution >= 4 is 11.9 Å². The van der Waals surface area contributed by atoms with E-state index in [-0.39, 0.29) is 23.8 Å². The minimum atomic E-state index is -1.32. The molecule has 1 aliphatic heterocycles. The van der Waals surface area contributed by atoms with Crippen LogP contribution in [0.25, 0.3) is 5.69 Å². The fourth-order valence-corrected chi connectivity index (χ4v) is 2.34. The lowest BCUT2D eigenvalue weighted by Crippen LogP contribution is -2.25. The van der Waals surface area contributed by atoms with Crippen LogP contribution in [0.3, 0.4) is 0 Å². The molecule has 6 nitrogen and oxygen atoms in total. The number of hydrogen-bond acceptors (Lipinski definition) is 3. The maximum Gasteiger partial charge on any atom is 0.356 e. The summed E-state index contributed by atoms with van der Waals surface area (Å²) in [6.45, 7) is -0.0218. The van der Waals surface area contributed by atoms with Crippen LogP contribution < -0.4 is 0 Å². The lowest BCUT2D eigenvalue weighted by Gasteiger charge is -2.13. The van der Waals surface area contributed by atoms with E-state index in [4.69, 9.17) is 5.11 Å². The van der Waals surface area contributed by atoms with Crippen molar-refractivity contribution in [3.05, 3.63) is 47.3 Å². The Morgan fingerprint density at radius 3 is 2.80 bits per heavy atom. The van der Waals surface area contributed by atoms with Crippen molar-refractivity contribution in [2.75, 3.05) is 7.05 Å². The van der Waals surface area contributed by atoms with Crippen LogP contribution in [0.5, 0.6) is 0 Å². The Bertz CT molecular complexity index is 738. The Kier molecular flexibility index (Phi) is 2.56.